The summed E-state index contributed by atoms with van der Waals surface area (Å²) in [6.07, 6.45) is 1.82. The van der Waals surface area contributed by atoms with Gasteiger partial charge in [-0.15, -0.1) is 0 Å². The van der Waals surface area contributed by atoms with E-state index in [2.05, 4.69) is 5.32 Å². The number of hydrogen-bond donors (Lipinski definition) is 2. The number of benzene rings is 1. The lowest BCUT2D eigenvalue weighted by Gasteiger charge is -2.09. The second-order valence-electron chi connectivity index (χ2n) is 4.06. The average molecular weight is 309 g/mol. The second kappa shape index (κ2) is 4.70. The molecule has 0 saturated heterocycles. The third kappa shape index (κ3) is 2.95. The van der Waals surface area contributed by atoms with E-state index in [0.717, 1.165) is 25.0 Å². The van der Waals surface area contributed by atoms with Crippen molar-refractivity contribution in [2.75, 3.05) is 0 Å². The van der Waals surface area contributed by atoms with E-state index < -0.39 is 15.9 Å². The summed E-state index contributed by atoms with van der Waals surface area (Å²) in [6, 6.07) is 2.37. The van der Waals surface area contributed by atoms with E-state index in [1.54, 1.807) is 0 Å². The number of hydrogen-bond acceptors (Lipinski definition) is 3. The summed E-state index contributed by atoms with van der Waals surface area (Å²) in [7, 11) is -3.93. The minimum absolute atomic E-state index is 0.0140. The first kappa shape index (κ1) is 13.6. The zero-order valence-electron chi connectivity index (χ0n) is 9.11. The van der Waals surface area contributed by atoms with E-state index >= 15 is 0 Å². The topological polar surface area (TPSA) is 89.3 Å². The number of carbonyl (C=O) groups is 1. The highest BCUT2D eigenvalue weighted by Crippen LogP contribution is 2.30. The molecular weight excluding hydrogens is 299 g/mol. The molecule has 0 atom stereocenters. The van der Waals surface area contributed by atoms with Gasteiger partial charge in [-0.2, -0.15) is 0 Å². The Balaban J connectivity index is 2.44. The third-order valence-electron chi connectivity index (χ3n) is 2.49. The van der Waals surface area contributed by atoms with Crippen LogP contribution in [0.25, 0.3) is 0 Å². The molecule has 1 amide bonds. The maximum absolute atomic E-state index is 11.9. The number of halogens is 2. The molecule has 98 valence electrons. The van der Waals surface area contributed by atoms with Crippen LogP contribution in [0.1, 0.15) is 23.2 Å². The number of nitrogens with two attached hydrogens (primary N) is 1. The Hall–Kier alpha value is -0.820. The van der Waals surface area contributed by atoms with Gasteiger partial charge in [-0.1, -0.05) is 23.2 Å². The largest absolute Gasteiger partial charge is 0.349 e. The van der Waals surface area contributed by atoms with Gasteiger partial charge in [0.15, 0.2) is 0 Å². The molecule has 3 N–H and O–H groups in total. The van der Waals surface area contributed by atoms with E-state index in [0.29, 0.717) is 0 Å². The molecular formula is C10H10Cl2N2O3S. The SMILES string of the molecule is NS(=O)(=O)c1cc(Cl)c(Cl)c(C(=O)NC2CC2)c1. The Morgan fingerprint density at radius 2 is 1.94 bits per heavy atom. The van der Waals surface area contributed by atoms with E-state index in [9.17, 15) is 13.2 Å². The molecule has 1 fully saturated rings. The van der Waals surface area contributed by atoms with Crippen LogP contribution < -0.4 is 10.5 Å². The maximum atomic E-state index is 11.9. The summed E-state index contributed by atoms with van der Waals surface area (Å²) in [5.74, 6) is -0.449. The third-order valence-corrected chi connectivity index (χ3v) is 4.18. The van der Waals surface area contributed by atoms with E-state index in [-0.39, 0.29) is 26.5 Å². The summed E-state index contributed by atoms with van der Waals surface area (Å²) in [5.41, 5.74) is 0.0140. The molecule has 0 spiro atoms. The summed E-state index contributed by atoms with van der Waals surface area (Å²) in [6.45, 7) is 0. The predicted molar refractivity (Wildman–Crippen MR) is 68.3 cm³/mol. The highest BCUT2D eigenvalue weighted by molar-refractivity contribution is 7.89. The van der Waals surface area contributed by atoms with Crippen LogP contribution in [0.3, 0.4) is 0 Å². The molecule has 1 aromatic carbocycles. The molecule has 1 saturated carbocycles. The molecule has 1 aliphatic carbocycles. The van der Waals surface area contributed by atoms with Crippen LogP contribution in [-0.4, -0.2) is 20.4 Å². The quantitative estimate of drug-likeness (QED) is 0.887. The maximum Gasteiger partial charge on any atom is 0.253 e. The van der Waals surface area contributed by atoms with Gasteiger partial charge in [-0.05, 0) is 25.0 Å². The molecule has 0 aliphatic heterocycles. The Kier molecular flexibility index (Phi) is 3.55. The minimum Gasteiger partial charge on any atom is -0.349 e. The average Bonchev–Trinajstić information content (AvgIpc) is 3.03. The van der Waals surface area contributed by atoms with E-state index in [1.807, 2.05) is 0 Å². The normalized spacial score (nSPS) is 15.5. The van der Waals surface area contributed by atoms with Crippen molar-refractivity contribution in [2.45, 2.75) is 23.8 Å². The number of carbonyl (C=O) groups excluding carboxylic acids is 1. The molecule has 0 aromatic heterocycles. The summed E-state index contributed by atoms with van der Waals surface area (Å²) < 4.78 is 22.5. The van der Waals surface area contributed by atoms with E-state index in [4.69, 9.17) is 28.3 Å². The van der Waals surface area contributed by atoms with Gasteiger partial charge in [0.2, 0.25) is 10.0 Å². The van der Waals surface area contributed by atoms with Crippen LogP contribution in [-0.2, 0) is 10.0 Å². The van der Waals surface area contributed by atoms with Gasteiger partial charge in [0.1, 0.15) is 0 Å². The molecule has 1 aliphatic rings. The van der Waals surface area contributed by atoms with Gasteiger partial charge >= 0.3 is 0 Å². The number of primary sulfonamides is 1. The van der Waals surface area contributed by atoms with Crippen LogP contribution in [0.15, 0.2) is 17.0 Å². The lowest BCUT2D eigenvalue weighted by Crippen LogP contribution is -2.26. The zero-order chi connectivity index (χ0) is 13.5. The summed E-state index contributed by atoms with van der Waals surface area (Å²) >= 11 is 11.7. The monoisotopic (exact) mass is 308 g/mol. The van der Waals surface area contributed by atoms with Crippen LogP contribution in [0.4, 0.5) is 0 Å². The number of nitrogens with one attached hydrogen (secondary N) is 1. The molecule has 5 nitrogen and oxygen atoms in total. The van der Waals surface area contributed by atoms with Gasteiger partial charge in [-0.3, -0.25) is 4.79 Å². The Labute approximate surface area is 114 Å². The van der Waals surface area contributed by atoms with Crippen molar-refractivity contribution < 1.29 is 13.2 Å². The van der Waals surface area contributed by atoms with Crippen molar-refractivity contribution in [3.05, 3.63) is 27.7 Å². The van der Waals surface area contributed by atoms with Crippen molar-refractivity contribution in [2.24, 2.45) is 5.14 Å². The molecule has 0 unspecified atom stereocenters. The number of sulfonamides is 1. The molecule has 0 radical (unpaired) electrons. The van der Waals surface area contributed by atoms with Crippen molar-refractivity contribution in [3.63, 3.8) is 0 Å². The number of rotatable bonds is 3. The van der Waals surface area contributed by atoms with Crippen LogP contribution in [0.2, 0.25) is 10.0 Å². The highest BCUT2D eigenvalue weighted by Gasteiger charge is 2.26. The lowest BCUT2D eigenvalue weighted by molar-refractivity contribution is 0.0951. The van der Waals surface area contributed by atoms with Crippen molar-refractivity contribution in [3.8, 4) is 0 Å². The summed E-state index contributed by atoms with van der Waals surface area (Å²) in [4.78, 5) is 11.6. The Morgan fingerprint density at radius 3 is 2.44 bits per heavy atom. The van der Waals surface area contributed by atoms with Gasteiger partial charge in [-0.25, -0.2) is 13.6 Å². The predicted octanol–water partition coefficient (Wildman–Crippen LogP) is 1.53. The van der Waals surface area contributed by atoms with Crippen molar-refractivity contribution in [1.82, 2.24) is 5.32 Å². The number of amides is 1. The van der Waals surface area contributed by atoms with Gasteiger partial charge < -0.3 is 5.32 Å². The van der Waals surface area contributed by atoms with Gasteiger partial charge in [0.25, 0.3) is 5.91 Å². The summed E-state index contributed by atoms with van der Waals surface area (Å²) in [5, 5.41) is 7.69. The van der Waals surface area contributed by atoms with E-state index in [1.165, 1.54) is 0 Å². The van der Waals surface area contributed by atoms with Crippen LogP contribution in [0, 0.1) is 0 Å². The molecule has 1 aromatic rings. The van der Waals surface area contributed by atoms with Crippen molar-refractivity contribution >= 4 is 39.1 Å². The molecule has 0 bridgehead atoms. The van der Waals surface area contributed by atoms with Crippen LogP contribution >= 0.6 is 23.2 Å². The second-order valence-corrected chi connectivity index (χ2v) is 6.41. The fourth-order valence-corrected chi connectivity index (χ4v) is 2.43. The molecule has 0 heterocycles. The first-order chi connectivity index (χ1) is 8.29. The first-order valence-electron chi connectivity index (χ1n) is 5.12. The fourth-order valence-electron chi connectivity index (χ4n) is 1.38. The molecule has 2 rings (SSSR count). The Bertz CT molecular complexity index is 612. The van der Waals surface area contributed by atoms with Crippen LogP contribution in [0.5, 0.6) is 0 Å². The highest BCUT2D eigenvalue weighted by atomic mass is 35.5. The minimum atomic E-state index is -3.93. The molecule has 8 heteroatoms. The lowest BCUT2D eigenvalue weighted by atomic mass is 10.2. The zero-order valence-corrected chi connectivity index (χ0v) is 11.4. The first-order valence-corrected chi connectivity index (χ1v) is 7.42. The standard InChI is InChI=1S/C10H10Cl2N2O3S/c11-8-4-6(18(13,16)17)3-7(9(8)12)10(15)14-5-1-2-5/h3-5H,1-2H2,(H,14,15)(H2,13,16,17). The van der Waals surface area contributed by atoms with Gasteiger partial charge in [0, 0.05) is 6.04 Å². The smallest absolute Gasteiger partial charge is 0.253 e. The molecule has 18 heavy (non-hydrogen) atoms. The fraction of sp³-hybridized carbons (Fsp3) is 0.300. The van der Waals surface area contributed by atoms with Gasteiger partial charge in [0.05, 0.1) is 20.5 Å². The Morgan fingerprint density at radius 1 is 1.33 bits per heavy atom. The van der Waals surface area contributed by atoms with Crippen molar-refractivity contribution in [1.29, 1.82) is 0 Å².